The van der Waals surface area contributed by atoms with E-state index < -0.39 is 0 Å². The fourth-order valence-corrected chi connectivity index (χ4v) is 4.92. The molecule has 2 aromatic carbocycles. The Morgan fingerprint density at radius 2 is 2.03 bits per heavy atom. The molecule has 0 saturated heterocycles. The lowest BCUT2D eigenvalue weighted by Gasteiger charge is -2.21. The molecule has 0 atom stereocenters. The van der Waals surface area contributed by atoms with Gasteiger partial charge in [-0.1, -0.05) is 49.3 Å². The zero-order chi connectivity index (χ0) is 22.5. The van der Waals surface area contributed by atoms with E-state index in [-0.39, 0.29) is 25.3 Å². The van der Waals surface area contributed by atoms with Gasteiger partial charge in [0.1, 0.15) is 23.9 Å². The first-order chi connectivity index (χ1) is 15.6. The molecule has 0 N–H and O–H groups in total. The number of fused-ring (bicyclic) bond motifs is 1. The van der Waals surface area contributed by atoms with Crippen LogP contribution < -0.4 is 9.47 Å². The minimum absolute atomic E-state index is 0.170. The Labute approximate surface area is 196 Å². The molecule has 9 heteroatoms. The Morgan fingerprint density at radius 3 is 2.81 bits per heavy atom. The lowest BCUT2D eigenvalue weighted by molar-refractivity contribution is -0.0171. The number of para-hydroxylation sites is 1. The van der Waals surface area contributed by atoms with Crippen molar-refractivity contribution in [3.05, 3.63) is 64.2 Å². The molecule has 0 bridgehead atoms. The summed E-state index contributed by atoms with van der Waals surface area (Å²) < 4.78 is 33.1. The standard InChI is InChI=1S/C23H25ClFN3O3S/c1-3-18(4-2)28-21(12-30-20-8-6-5-7-19(20)24)26-27-23(28)32-13-16-10-17(25)9-15-11-29-14-31-22(15)16/h5-10,18H,3-4,11-14H2,1-2H3. The van der Waals surface area contributed by atoms with E-state index in [9.17, 15) is 4.39 Å². The van der Waals surface area contributed by atoms with Crippen molar-refractivity contribution in [1.29, 1.82) is 0 Å². The smallest absolute Gasteiger partial charge is 0.191 e. The number of ether oxygens (including phenoxy) is 3. The first kappa shape index (κ1) is 22.9. The van der Waals surface area contributed by atoms with Crippen LogP contribution in [0.25, 0.3) is 0 Å². The quantitative estimate of drug-likeness (QED) is 0.343. The van der Waals surface area contributed by atoms with Crippen LogP contribution in [0, 0.1) is 5.82 Å². The van der Waals surface area contributed by atoms with Gasteiger partial charge in [-0.3, -0.25) is 0 Å². The summed E-state index contributed by atoms with van der Waals surface area (Å²) in [6, 6.07) is 10.5. The van der Waals surface area contributed by atoms with Crippen molar-refractivity contribution >= 4 is 23.4 Å². The Morgan fingerprint density at radius 1 is 1.22 bits per heavy atom. The van der Waals surface area contributed by atoms with Crippen LogP contribution in [0.2, 0.25) is 5.02 Å². The van der Waals surface area contributed by atoms with Crippen LogP contribution in [-0.4, -0.2) is 21.6 Å². The van der Waals surface area contributed by atoms with Gasteiger partial charge in [-0.15, -0.1) is 10.2 Å². The van der Waals surface area contributed by atoms with Gasteiger partial charge in [-0.2, -0.15) is 0 Å². The molecule has 0 amide bonds. The van der Waals surface area contributed by atoms with E-state index in [0.29, 0.717) is 28.9 Å². The minimum atomic E-state index is -0.302. The molecule has 1 aliphatic heterocycles. The molecule has 0 unspecified atom stereocenters. The monoisotopic (exact) mass is 477 g/mol. The van der Waals surface area contributed by atoms with Crippen molar-refractivity contribution in [3.63, 3.8) is 0 Å². The maximum absolute atomic E-state index is 14.1. The van der Waals surface area contributed by atoms with Crippen molar-refractivity contribution in [1.82, 2.24) is 14.8 Å². The van der Waals surface area contributed by atoms with E-state index >= 15 is 0 Å². The fourth-order valence-electron chi connectivity index (χ4n) is 3.74. The summed E-state index contributed by atoms with van der Waals surface area (Å²) in [6.07, 6.45) is 1.86. The van der Waals surface area contributed by atoms with Gasteiger partial charge >= 0.3 is 0 Å². The molecular weight excluding hydrogens is 453 g/mol. The van der Waals surface area contributed by atoms with Gasteiger partial charge in [0.25, 0.3) is 0 Å². The molecule has 0 aliphatic carbocycles. The third-order valence-electron chi connectivity index (χ3n) is 5.34. The van der Waals surface area contributed by atoms with Crippen molar-refractivity contribution in [2.45, 2.75) is 56.9 Å². The van der Waals surface area contributed by atoms with E-state index in [1.165, 1.54) is 23.9 Å². The molecular formula is C23H25ClFN3O3S. The molecule has 6 nitrogen and oxygen atoms in total. The number of benzene rings is 2. The highest BCUT2D eigenvalue weighted by Crippen LogP contribution is 2.35. The SMILES string of the molecule is CCC(CC)n1c(COc2ccccc2Cl)nnc1SCc1cc(F)cc2c1OCOC2. The summed E-state index contributed by atoms with van der Waals surface area (Å²) in [6.45, 7) is 5.04. The van der Waals surface area contributed by atoms with E-state index in [2.05, 4.69) is 28.6 Å². The molecule has 1 aliphatic rings. The molecule has 2 heterocycles. The maximum Gasteiger partial charge on any atom is 0.191 e. The number of nitrogens with zero attached hydrogens (tertiary/aromatic N) is 3. The minimum Gasteiger partial charge on any atom is -0.484 e. The Bertz CT molecular complexity index is 1070. The average Bonchev–Trinajstić information content (AvgIpc) is 3.20. The predicted molar refractivity (Wildman–Crippen MR) is 122 cm³/mol. The largest absolute Gasteiger partial charge is 0.484 e. The second kappa shape index (κ2) is 10.6. The summed E-state index contributed by atoms with van der Waals surface area (Å²) in [4.78, 5) is 0. The Kier molecular flexibility index (Phi) is 7.55. The topological polar surface area (TPSA) is 58.4 Å². The molecule has 0 saturated carbocycles. The highest BCUT2D eigenvalue weighted by molar-refractivity contribution is 7.98. The van der Waals surface area contributed by atoms with Crippen LogP contribution in [-0.2, 0) is 23.7 Å². The molecule has 0 fully saturated rings. The first-order valence-electron chi connectivity index (χ1n) is 10.6. The van der Waals surface area contributed by atoms with Crippen LogP contribution in [0.5, 0.6) is 11.5 Å². The van der Waals surface area contributed by atoms with Gasteiger partial charge < -0.3 is 18.8 Å². The van der Waals surface area contributed by atoms with E-state index in [0.717, 1.165) is 34.9 Å². The lowest BCUT2D eigenvalue weighted by atomic mass is 10.1. The van der Waals surface area contributed by atoms with Gasteiger partial charge in [-0.05, 0) is 37.1 Å². The number of hydrogen-bond donors (Lipinski definition) is 0. The van der Waals surface area contributed by atoms with E-state index in [4.69, 9.17) is 25.8 Å². The van der Waals surface area contributed by atoms with Crippen molar-refractivity contribution in [2.75, 3.05) is 6.79 Å². The molecule has 1 aromatic heterocycles. The van der Waals surface area contributed by atoms with E-state index in [1.54, 1.807) is 6.07 Å². The Balaban J connectivity index is 1.56. The average molecular weight is 478 g/mol. The third kappa shape index (κ3) is 5.03. The normalized spacial score (nSPS) is 13.2. The molecule has 0 radical (unpaired) electrons. The highest BCUT2D eigenvalue weighted by atomic mass is 35.5. The van der Waals surface area contributed by atoms with Gasteiger partial charge in [0.2, 0.25) is 0 Å². The van der Waals surface area contributed by atoms with Gasteiger partial charge in [-0.25, -0.2) is 4.39 Å². The Hall–Kier alpha value is -2.29. The van der Waals surface area contributed by atoms with Gasteiger partial charge in [0, 0.05) is 22.9 Å². The van der Waals surface area contributed by atoms with Crippen molar-refractivity contribution < 1.29 is 18.6 Å². The lowest BCUT2D eigenvalue weighted by Crippen LogP contribution is -2.15. The summed E-state index contributed by atoms with van der Waals surface area (Å²) in [7, 11) is 0. The zero-order valence-electron chi connectivity index (χ0n) is 18.0. The summed E-state index contributed by atoms with van der Waals surface area (Å²) >= 11 is 7.72. The molecule has 0 spiro atoms. The predicted octanol–water partition coefficient (Wildman–Crippen LogP) is 6.17. The van der Waals surface area contributed by atoms with Crippen LogP contribution in [0.15, 0.2) is 41.6 Å². The number of hydrogen-bond acceptors (Lipinski definition) is 6. The van der Waals surface area contributed by atoms with Gasteiger partial charge in [0.15, 0.2) is 17.8 Å². The second-order valence-corrected chi connectivity index (χ2v) is 8.76. The summed E-state index contributed by atoms with van der Waals surface area (Å²) in [5.41, 5.74) is 1.50. The molecule has 4 rings (SSSR count). The number of aromatic nitrogens is 3. The summed E-state index contributed by atoms with van der Waals surface area (Å²) in [5, 5.41) is 10.1. The van der Waals surface area contributed by atoms with E-state index in [1.807, 2.05) is 18.2 Å². The van der Waals surface area contributed by atoms with Crippen LogP contribution in [0.4, 0.5) is 4.39 Å². The summed E-state index contributed by atoms with van der Waals surface area (Å²) in [5.74, 6) is 2.23. The molecule has 170 valence electrons. The van der Waals surface area contributed by atoms with Crippen LogP contribution >= 0.6 is 23.4 Å². The van der Waals surface area contributed by atoms with Gasteiger partial charge in [0.05, 0.1) is 11.6 Å². The zero-order valence-corrected chi connectivity index (χ0v) is 19.6. The van der Waals surface area contributed by atoms with Crippen molar-refractivity contribution in [2.24, 2.45) is 0 Å². The highest BCUT2D eigenvalue weighted by Gasteiger charge is 2.22. The molecule has 32 heavy (non-hydrogen) atoms. The fraction of sp³-hybridized carbons (Fsp3) is 0.391. The first-order valence-corrected chi connectivity index (χ1v) is 11.9. The number of halogens is 2. The maximum atomic E-state index is 14.1. The number of thioether (sulfide) groups is 1. The number of rotatable bonds is 9. The van der Waals surface area contributed by atoms with Crippen molar-refractivity contribution in [3.8, 4) is 11.5 Å². The third-order valence-corrected chi connectivity index (χ3v) is 6.65. The molecule has 3 aromatic rings. The second-order valence-electron chi connectivity index (χ2n) is 7.41. The van der Waals surface area contributed by atoms with Crippen LogP contribution in [0.1, 0.15) is 49.7 Å². The van der Waals surface area contributed by atoms with Crippen LogP contribution in [0.3, 0.4) is 0 Å².